The van der Waals surface area contributed by atoms with Gasteiger partial charge in [0.2, 0.25) is 0 Å². The molecular formula is C11H11ClINO. The third-order valence-electron chi connectivity index (χ3n) is 2.41. The molecule has 0 bridgehead atoms. The van der Waals surface area contributed by atoms with Crippen molar-refractivity contribution in [2.24, 2.45) is 0 Å². The molecule has 0 spiro atoms. The predicted octanol–water partition coefficient (Wildman–Crippen LogP) is 3.60. The summed E-state index contributed by atoms with van der Waals surface area (Å²) in [4.78, 5) is 0. The molecule has 0 fully saturated rings. The van der Waals surface area contributed by atoms with Gasteiger partial charge in [0.1, 0.15) is 5.76 Å². The van der Waals surface area contributed by atoms with E-state index in [0.29, 0.717) is 0 Å². The molecule has 1 aromatic carbocycles. The van der Waals surface area contributed by atoms with Crippen LogP contribution < -0.4 is 5.32 Å². The lowest BCUT2D eigenvalue weighted by Gasteiger charge is -2.08. The van der Waals surface area contributed by atoms with Gasteiger partial charge in [0.05, 0.1) is 13.7 Å². The van der Waals surface area contributed by atoms with E-state index >= 15 is 0 Å². The summed E-state index contributed by atoms with van der Waals surface area (Å²) in [5, 5.41) is 4.09. The first-order chi connectivity index (χ1) is 7.20. The van der Waals surface area contributed by atoms with Crippen LogP contribution in [0.5, 0.6) is 0 Å². The normalized spacial score (nSPS) is 15.4. The third kappa shape index (κ3) is 2.39. The maximum Gasteiger partial charge on any atom is 0.124 e. The minimum atomic E-state index is 0.724. The minimum absolute atomic E-state index is 0.724. The summed E-state index contributed by atoms with van der Waals surface area (Å²) in [6.45, 7) is 0.724. The molecule has 2 rings (SSSR count). The number of allylic oxidation sites excluding steroid dienone is 1. The molecule has 1 aromatic rings. The highest BCUT2D eigenvalue weighted by molar-refractivity contribution is 14.1. The van der Waals surface area contributed by atoms with E-state index in [1.165, 1.54) is 9.14 Å². The van der Waals surface area contributed by atoms with Gasteiger partial charge in [-0.2, -0.15) is 0 Å². The molecule has 0 atom stereocenters. The van der Waals surface area contributed by atoms with Gasteiger partial charge in [0.15, 0.2) is 0 Å². The van der Waals surface area contributed by atoms with Crippen molar-refractivity contribution >= 4 is 39.9 Å². The lowest BCUT2D eigenvalue weighted by atomic mass is 10.1. The molecule has 1 aliphatic heterocycles. The van der Waals surface area contributed by atoms with Crippen LogP contribution in [-0.4, -0.2) is 13.7 Å². The van der Waals surface area contributed by atoms with E-state index in [9.17, 15) is 0 Å². The second-order valence-electron chi connectivity index (χ2n) is 3.36. The molecule has 0 aliphatic carbocycles. The highest BCUT2D eigenvalue weighted by atomic mass is 127. The van der Waals surface area contributed by atoms with Gasteiger partial charge in [-0.1, -0.05) is 17.7 Å². The van der Waals surface area contributed by atoms with Crippen LogP contribution in [0.1, 0.15) is 5.56 Å². The van der Waals surface area contributed by atoms with E-state index in [1.54, 1.807) is 7.11 Å². The maximum absolute atomic E-state index is 5.95. The Bertz CT molecular complexity index is 417. The molecule has 80 valence electrons. The monoisotopic (exact) mass is 335 g/mol. The fourth-order valence-electron chi connectivity index (χ4n) is 1.59. The number of hydrogen-bond acceptors (Lipinski definition) is 2. The van der Waals surface area contributed by atoms with Gasteiger partial charge in [0.25, 0.3) is 0 Å². The molecule has 1 N–H and O–H groups in total. The number of hydrogen-bond donors (Lipinski definition) is 1. The largest absolute Gasteiger partial charge is 0.498 e. The van der Waals surface area contributed by atoms with Gasteiger partial charge >= 0.3 is 0 Å². The van der Waals surface area contributed by atoms with Crippen molar-refractivity contribution in [3.05, 3.63) is 38.1 Å². The zero-order valence-corrected chi connectivity index (χ0v) is 11.2. The summed E-state index contributed by atoms with van der Waals surface area (Å²) >= 11 is 8.28. The molecule has 1 aliphatic rings. The Balaban J connectivity index is 2.36. The van der Waals surface area contributed by atoms with Crippen LogP contribution in [0.4, 0.5) is 5.69 Å². The molecule has 0 saturated heterocycles. The molecule has 0 unspecified atom stereocenters. The van der Waals surface area contributed by atoms with Gasteiger partial charge in [-0.05, 0) is 40.3 Å². The lowest BCUT2D eigenvalue weighted by molar-refractivity contribution is 0.288. The number of methoxy groups -OCH3 is 1. The van der Waals surface area contributed by atoms with Crippen molar-refractivity contribution < 1.29 is 4.74 Å². The first-order valence-electron chi connectivity index (χ1n) is 4.64. The molecule has 0 amide bonds. The highest BCUT2D eigenvalue weighted by Crippen LogP contribution is 2.30. The first kappa shape index (κ1) is 11.1. The average Bonchev–Trinajstić information content (AvgIpc) is 2.36. The van der Waals surface area contributed by atoms with Crippen molar-refractivity contribution in [3.8, 4) is 0 Å². The van der Waals surface area contributed by atoms with Crippen LogP contribution in [-0.2, 0) is 11.2 Å². The Morgan fingerprint density at radius 1 is 1.47 bits per heavy atom. The Morgan fingerprint density at radius 3 is 3.00 bits per heavy atom. The van der Waals surface area contributed by atoms with Crippen molar-refractivity contribution in [3.63, 3.8) is 0 Å². The fourth-order valence-corrected chi connectivity index (χ4v) is 2.58. The van der Waals surface area contributed by atoms with Crippen LogP contribution in [0.15, 0.2) is 27.5 Å². The maximum atomic E-state index is 5.95. The van der Waals surface area contributed by atoms with Crippen LogP contribution in [0.25, 0.3) is 0 Å². The second kappa shape index (κ2) is 4.61. The number of fused-ring (bicyclic) bond motifs is 1. The summed E-state index contributed by atoms with van der Waals surface area (Å²) in [6, 6.07) is 5.94. The molecule has 0 radical (unpaired) electrons. The Morgan fingerprint density at radius 2 is 2.27 bits per heavy atom. The minimum Gasteiger partial charge on any atom is -0.498 e. The smallest absolute Gasteiger partial charge is 0.124 e. The van der Waals surface area contributed by atoms with E-state index in [0.717, 1.165) is 29.4 Å². The Labute approximate surface area is 108 Å². The molecular weight excluding hydrogens is 324 g/mol. The van der Waals surface area contributed by atoms with Gasteiger partial charge in [0, 0.05) is 20.7 Å². The Hall–Kier alpha value is -0.420. The van der Waals surface area contributed by atoms with E-state index in [4.69, 9.17) is 16.3 Å². The topological polar surface area (TPSA) is 21.3 Å². The summed E-state index contributed by atoms with van der Waals surface area (Å²) in [5.41, 5.74) is 2.36. The van der Waals surface area contributed by atoms with E-state index in [1.807, 2.05) is 12.1 Å². The number of nitrogens with one attached hydrogen (secondary N) is 1. The summed E-state index contributed by atoms with van der Waals surface area (Å²) < 4.78 is 6.56. The predicted molar refractivity (Wildman–Crippen MR) is 71.7 cm³/mol. The number of halogens is 2. The quantitative estimate of drug-likeness (QED) is 0.792. The molecule has 0 saturated carbocycles. The molecule has 2 nitrogen and oxygen atoms in total. The van der Waals surface area contributed by atoms with Crippen LogP contribution >= 0.6 is 34.2 Å². The standard InChI is InChI=1S/C11H11ClINO/c1-15-11-6-14-10-5-8(12)3-2-7(10)4-9(11)13/h2-3,5,14H,4,6H2,1H3. The van der Waals surface area contributed by atoms with Crippen LogP contribution in [0, 0.1) is 0 Å². The highest BCUT2D eigenvalue weighted by Gasteiger charge is 2.14. The summed E-state index contributed by atoms with van der Waals surface area (Å²) in [5.74, 6) is 1.00. The van der Waals surface area contributed by atoms with Crippen molar-refractivity contribution in [2.75, 3.05) is 19.0 Å². The molecule has 1 heterocycles. The zero-order chi connectivity index (χ0) is 10.8. The van der Waals surface area contributed by atoms with Gasteiger partial charge in [-0.25, -0.2) is 0 Å². The van der Waals surface area contributed by atoms with E-state index in [-0.39, 0.29) is 0 Å². The van der Waals surface area contributed by atoms with Crippen molar-refractivity contribution in [2.45, 2.75) is 6.42 Å². The van der Waals surface area contributed by atoms with Gasteiger partial charge in [-0.3, -0.25) is 0 Å². The first-order valence-corrected chi connectivity index (χ1v) is 6.10. The number of ether oxygens (including phenoxy) is 1. The molecule has 15 heavy (non-hydrogen) atoms. The fraction of sp³-hybridized carbons (Fsp3) is 0.273. The number of anilines is 1. The third-order valence-corrected chi connectivity index (χ3v) is 3.62. The lowest BCUT2D eigenvalue weighted by Crippen LogP contribution is -2.05. The van der Waals surface area contributed by atoms with Crippen LogP contribution in [0.3, 0.4) is 0 Å². The van der Waals surface area contributed by atoms with E-state index < -0.39 is 0 Å². The number of rotatable bonds is 1. The van der Waals surface area contributed by atoms with Crippen molar-refractivity contribution in [1.29, 1.82) is 0 Å². The summed E-state index contributed by atoms with van der Waals surface area (Å²) in [6.07, 6.45) is 0.906. The SMILES string of the molecule is COC1=C(I)Cc2ccc(Cl)cc2NC1. The van der Waals surface area contributed by atoms with Gasteiger partial charge in [-0.15, -0.1) is 0 Å². The van der Waals surface area contributed by atoms with Crippen LogP contribution in [0.2, 0.25) is 5.02 Å². The van der Waals surface area contributed by atoms with Gasteiger partial charge < -0.3 is 10.1 Å². The number of benzene rings is 1. The molecule has 0 aromatic heterocycles. The van der Waals surface area contributed by atoms with E-state index in [2.05, 4.69) is 34.0 Å². The Kier molecular flexibility index (Phi) is 3.41. The zero-order valence-electron chi connectivity index (χ0n) is 8.31. The second-order valence-corrected chi connectivity index (χ2v) is 5.10. The summed E-state index contributed by atoms with van der Waals surface area (Å²) in [7, 11) is 1.71. The van der Waals surface area contributed by atoms with Crippen molar-refractivity contribution in [1.82, 2.24) is 0 Å². The average molecular weight is 336 g/mol. The molecule has 4 heteroatoms.